The molecule has 2 N–H and O–H groups in total. The lowest BCUT2D eigenvalue weighted by atomic mass is 10.1. The first-order chi connectivity index (χ1) is 15.3. The van der Waals surface area contributed by atoms with Crippen LogP contribution in [0.4, 0.5) is 5.82 Å². The molecule has 0 saturated carbocycles. The van der Waals surface area contributed by atoms with Crippen molar-refractivity contribution in [2.24, 2.45) is 11.4 Å². The third-order valence-electron chi connectivity index (χ3n) is 5.72. The van der Waals surface area contributed by atoms with E-state index in [1.807, 2.05) is 36.4 Å². The summed E-state index contributed by atoms with van der Waals surface area (Å²) in [6.45, 7) is 5.03. The van der Waals surface area contributed by atoms with Crippen LogP contribution < -0.4 is 10.5 Å². The second-order valence-electron chi connectivity index (χ2n) is 7.87. The van der Waals surface area contributed by atoms with Crippen LogP contribution in [0, 0.1) is 18.3 Å². The minimum absolute atomic E-state index is 0.132. The van der Waals surface area contributed by atoms with Crippen molar-refractivity contribution >= 4 is 15.7 Å². The van der Waals surface area contributed by atoms with Gasteiger partial charge in [-0.25, -0.2) is 22.8 Å². The molecule has 0 fully saturated rings. The standard InChI is InChI=1S/C21H22N8O2S/c1-12-4-5-18-14(8-12)13(2)31-21-20(23)24-10-15(26-21)19-16(27-28(3)17(19)9-22)11-29-7-6-25-32(18,29)30/h4-5,8,10,13H,6-7,11H2,1-3H3,(H2,23,24)/t13-,32?/m1/s1. The largest absolute Gasteiger partial charge is 0.467 e. The Kier molecular flexibility index (Phi) is 4.65. The van der Waals surface area contributed by atoms with Gasteiger partial charge in [0.1, 0.15) is 27.8 Å². The van der Waals surface area contributed by atoms with Gasteiger partial charge in [0.15, 0.2) is 5.82 Å². The van der Waals surface area contributed by atoms with E-state index in [4.69, 9.17) is 10.5 Å². The van der Waals surface area contributed by atoms with E-state index < -0.39 is 16.0 Å². The van der Waals surface area contributed by atoms with Crippen molar-refractivity contribution in [3.05, 3.63) is 46.9 Å². The second kappa shape index (κ2) is 7.29. The number of hydrogen-bond acceptors (Lipinski definition) is 8. The Morgan fingerprint density at radius 1 is 1.38 bits per heavy atom. The summed E-state index contributed by atoms with van der Waals surface area (Å²) >= 11 is 0. The van der Waals surface area contributed by atoms with Crippen molar-refractivity contribution in [1.82, 2.24) is 24.1 Å². The fraction of sp³-hybridized carbons (Fsp3) is 0.333. The summed E-state index contributed by atoms with van der Waals surface area (Å²) < 4.78 is 28.3. The summed E-state index contributed by atoms with van der Waals surface area (Å²) in [6, 6.07) is 7.92. The van der Waals surface area contributed by atoms with Gasteiger partial charge in [0.25, 0.3) is 5.88 Å². The highest BCUT2D eigenvalue weighted by atomic mass is 32.2. The highest BCUT2D eigenvalue weighted by Gasteiger charge is 2.34. The number of ether oxygens (including phenoxy) is 1. The van der Waals surface area contributed by atoms with Gasteiger partial charge >= 0.3 is 0 Å². The molecule has 2 aliphatic heterocycles. The molecule has 0 radical (unpaired) electrons. The number of aryl methyl sites for hydroxylation is 2. The maximum Gasteiger partial charge on any atom is 0.258 e. The average molecular weight is 451 g/mol. The van der Waals surface area contributed by atoms with E-state index in [-0.39, 0.29) is 18.2 Å². The molecule has 4 heterocycles. The number of aromatic nitrogens is 4. The molecule has 10 nitrogen and oxygen atoms in total. The van der Waals surface area contributed by atoms with Gasteiger partial charge in [-0.2, -0.15) is 10.4 Å². The first kappa shape index (κ1) is 20.4. The summed E-state index contributed by atoms with van der Waals surface area (Å²) in [7, 11) is -1.20. The van der Waals surface area contributed by atoms with Gasteiger partial charge in [0.2, 0.25) is 0 Å². The van der Waals surface area contributed by atoms with Crippen molar-refractivity contribution in [3.63, 3.8) is 0 Å². The Bertz CT molecular complexity index is 1410. The van der Waals surface area contributed by atoms with Crippen LogP contribution in [0.15, 0.2) is 33.7 Å². The van der Waals surface area contributed by atoms with Crippen LogP contribution in [-0.2, 0) is 23.5 Å². The number of hydrogen-bond donors (Lipinski definition) is 1. The zero-order valence-corrected chi connectivity index (χ0v) is 18.8. The molecule has 1 aromatic carbocycles. The third-order valence-corrected chi connectivity index (χ3v) is 8.21. The maximum absolute atomic E-state index is 14.3. The summed E-state index contributed by atoms with van der Waals surface area (Å²) in [5, 5.41) is 14.3. The summed E-state index contributed by atoms with van der Waals surface area (Å²) in [6.07, 6.45) is 1.000. The van der Waals surface area contributed by atoms with E-state index in [0.717, 1.165) is 11.1 Å². The maximum atomic E-state index is 14.3. The molecule has 2 aromatic heterocycles. The SMILES string of the molecule is Cc1ccc2c(c1)[C@@H](C)Oc1nc(cnc1N)-c1c(nn(C)c1C#N)CN1CCN=S21=O. The number of rotatable bonds is 0. The summed E-state index contributed by atoms with van der Waals surface area (Å²) in [5.41, 5.74) is 9.69. The molecule has 0 spiro atoms. The van der Waals surface area contributed by atoms with E-state index in [1.165, 1.54) is 10.9 Å². The Balaban J connectivity index is 1.82. The van der Waals surface area contributed by atoms with Gasteiger partial charge in [-0.1, -0.05) is 17.7 Å². The van der Waals surface area contributed by atoms with Crippen molar-refractivity contribution < 1.29 is 8.95 Å². The quantitative estimate of drug-likeness (QED) is 0.555. The van der Waals surface area contributed by atoms with Crippen molar-refractivity contribution in [2.45, 2.75) is 31.4 Å². The minimum atomic E-state index is -2.90. The normalized spacial score (nSPS) is 22.2. The number of nitrogen functional groups attached to an aromatic ring is 1. The first-order valence-corrected chi connectivity index (χ1v) is 11.6. The fourth-order valence-corrected chi connectivity index (χ4v) is 6.47. The highest BCUT2D eigenvalue weighted by molar-refractivity contribution is 7.91. The molecule has 11 heteroatoms. The molecule has 3 aromatic rings. The van der Waals surface area contributed by atoms with Crippen LogP contribution in [0.1, 0.15) is 35.5 Å². The number of nitrogens with two attached hydrogens (primary N) is 1. The molecular weight excluding hydrogens is 428 g/mol. The van der Waals surface area contributed by atoms with Crippen LogP contribution in [0.2, 0.25) is 0 Å². The first-order valence-electron chi connectivity index (χ1n) is 10.2. The smallest absolute Gasteiger partial charge is 0.258 e. The van der Waals surface area contributed by atoms with Crippen LogP contribution in [0.25, 0.3) is 11.3 Å². The predicted molar refractivity (Wildman–Crippen MR) is 118 cm³/mol. The topological polar surface area (TPSA) is 135 Å². The molecule has 2 bridgehead atoms. The molecule has 2 atom stereocenters. The van der Waals surface area contributed by atoms with Gasteiger partial charge in [0.05, 0.1) is 41.1 Å². The lowest BCUT2D eigenvalue weighted by Crippen LogP contribution is -2.29. The number of anilines is 1. The van der Waals surface area contributed by atoms with E-state index in [1.54, 1.807) is 7.05 Å². The lowest BCUT2D eigenvalue weighted by molar-refractivity contribution is 0.215. The molecule has 32 heavy (non-hydrogen) atoms. The number of benzene rings is 1. The van der Waals surface area contributed by atoms with E-state index in [0.29, 0.717) is 40.6 Å². The molecule has 0 amide bonds. The second-order valence-corrected chi connectivity index (χ2v) is 10.1. The molecule has 2 aliphatic rings. The monoisotopic (exact) mass is 450 g/mol. The Labute approximate surface area is 186 Å². The molecule has 0 saturated heterocycles. The number of nitriles is 1. The molecule has 5 rings (SSSR count). The van der Waals surface area contributed by atoms with Crippen LogP contribution in [0.5, 0.6) is 5.88 Å². The fourth-order valence-electron chi connectivity index (χ4n) is 4.16. The Morgan fingerprint density at radius 2 is 2.19 bits per heavy atom. The van der Waals surface area contributed by atoms with Crippen molar-refractivity contribution in [1.29, 1.82) is 5.26 Å². The Morgan fingerprint density at radius 3 is 2.97 bits per heavy atom. The third kappa shape index (κ3) is 3.03. The van der Waals surface area contributed by atoms with Crippen LogP contribution in [0.3, 0.4) is 0 Å². The van der Waals surface area contributed by atoms with Crippen LogP contribution >= 0.6 is 0 Å². The highest BCUT2D eigenvalue weighted by Crippen LogP contribution is 2.37. The number of nitrogens with zero attached hydrogens (tertiary/aromatic N) is 7. The molecule has 1 unspecified atom stereocenters. The van der Waals surface area contributed by atoms with Gasteiger partial charge in [-0.3, -0.25) is 4.68 Å². The predicted octanol–water partition coefficient (Wildman–Crippen LogP) is 2.35. The lowest BCUT2D eigenvalue weighted by Gasteiger charge is -2.25. The zero-order chi connectivity index (χ0) is 22.6. The van der Waals surface area contributed by atoms with E-state index in [2.05, 4.69) is 25.5 Å². The summed E-state index contributed by atoms with van der Waals surface area (Å²) in [5.74, 6) is 0.282. The Hall–Kier alpha value is -3.49. The molecular formula is C21H22N8O2S. The van der Waals surface area contributed by atoms with Gasteiger partial charge in [-0.15, -0.1) is 0 Å². The summed E-state index contributed by atoms with van der Waals surface area (Å²) in [4.78, 5) is 9.45. The van der Waals surface area contributed by atoms with Crippen molar-refractivity contribution in [3.8, 4) is 23.2 Å². The van der Waals surface area contributed by atoms with E-state index >= 15 is 0 Å². The minimum Gasteiger partial charge on any atom is -0.467 e. The van der Waals surface area contributed by atoms with Crippen molar-refractivity contribution in [2.75, 3.05) is 18.8 Å². The van der Waals surface area contributed by atoms with Gasteiger partial charge in [0, 0.05) is 19.2 Å². The zero-order valence-electron chi connectivity index (χ0n) is 17.9. The van der Waals surface area contributed by atoms with Gasteiger partial charge in [-0.05, 0) is 19.9 Å². The average Bonchev–Trinajstić information content (AvgIpc) is 3.28. The van der Waals surface area contributed by atoms with Crippen LogP contribution in [-0.4, -0.2) is 41.4 Å². The van der Waals surface area contributed by atoms with Gasteiger partial charge < -0.3 is 10.5 Å². The molecule has 164 valence electrons. The number of fused-ring (bicyclic) bond motifs is 7. The van der Waals surface area contributed by atoms with E-state index in [9.17, 15) is 9.47 Å². The molecule has 0 aliphatic carbocycles.